The van der Waals surface area contributed by atoms with Crippen molar-refractivity contribution in [2.75, 3.05) is 26.8 Å². The molecule has 3 aromatic rings. The number of methoxy groups -OCH3 is 1. The number of rotatable bonds is 11. The van der Waals surface area contributed by atoms with Gasteiger partial charge < -0.3 is 9.47 Å². The average molecular weight is 494 g/mol. The van der Waals surface area contributed by atoms with E-state index in [-0.39, 0.29) is 4.90 Å². The molecular weight excluding hydrogens is 466 g/mol. The van der Waals surface area contributed by atoms with Gasteiger partial charge >= 0.3 is 0 Å². The Balaban J connectivity index is 1.67. The summed E-state index contributed by atoms with van der Waals surface area (Å²) in [5, 5.41) is 3.67. The standard InChI is InChI=1S/C22H27N3O4S3/c1-5-25(6-2)32(26,27)18-9-11-21(23-13-18)30-14-17-15-31-22(24-17)16-8-10-19(29-7-3)20(12-16)28-4/h8-13,15H,5-7,14H2,1-4H3. The summed E-state index contributed by atoms with van der Waals surface area (Å²) in [5.41, 5.74) is 1.90. The van der Waals surface area contributed by atoms with Crippen molar-refractivity contribution in [1.29, 1.82) is 0 Å². The first-order valence-electron chi connectivity index (χ1n) is 10.3. The molecule has 0 bridgehead atoms. The van der Waals surface area contributed by atoms with Crippen LogP contribution in [0.4, 0.5) is 0 Å². The van der Waals surface area contributed by atoms with Crippen LogP contribution in [0.2, 0.25) is 0 Å². The molecule has 0 aliphatic heterocycles. The summed E-state index contributed by atoms with van der Waals surface area (Å²) in [6.45, 7) is 7.02. The minimum absolute atomic E-state index is 0.214. The lowest BCUT2D eigenvalue weighted by atomic mass is 10.2. The molecule has 2 aromatic heterocycles. The number of benzene rings is 1. The zero-order valence-corrected chi connectivity index (χ0v) is 21.0. The Morgan fingerprint density at radius 2 is 1.88 bits per heavy atom. The molecule has 0 unspecified atom stereocenters. The maximum Gasteiger partial charge on any atom is 0.244 e. The van der Waals surface area contributed by atoms with Crippen molar-refractivity contribution >= 4 is 33.1 Å². The fourth-order valence-corrected chi connectivity index (χ4v) is 6.11. The number of thioether (sulfide) groups is 1. The predicted octanol–water partition coefficient (Wildman–Crippen LogP) is 4.94. The summed E-state index contributed by atoms with van der Waals surface area (Å²) in [5.74, 6) is 2.03. The van der Waals surface area contributed by atoms with Crippen LogP contribution in [0.1, 0.15) is 26.5 Å². The molecule has 0 saturated carbocycles. The molecule has 1 aromatic carbocycles. The van der Waals surface area contributed by atoms with E-state index in [9.17, 15) is 8.42 Å². The van der Waals surface area contributed by atoms with Crippen molar-refractivity contribution in [1.82, 2.24) is 14.3 Å². The van der Waals surface area contributed by atoms with Crippen LogP contribution in [-0.4, -0.2) is 49.5 Å². The quantitative estimate of drug-likeness (QED) is 0.350. The highest BCUT2D eigenvalue weighted by Crippen LogP contribution is 2.34. The van der Waals surface area contributed by atoms with Crippen molar-refractivity contribution in [2.45, 2.75) is 36.4 Å². The number of hydrogen-bond donors (Lipinski definition) is 0. The van der Waals surface area contributed by atoms with Crippen LogP contribution in [0, 0.1) is 0 Å². The van der Waals surface area contributed by atoms with Crippen molar-refractivity contribution in [2.24, 2.45) is 0 Å². The first-order valence-corrected chi connectivity index (χ1v) is 13.6. The highest BCUT2D eigenvalue weighted by atomic mass is 32.2. The van der Waals surface area contributed by atoms with Crippen LogP contribution < -0.4 is 9.47 Å². The van der Waals surface area contributed by atoms with E-state index >= 15 is 0 Å². The Morgan fingerprint density at radius 1 is 1.09 bits per heavy atom. The molecule has 0 radical (unpaired) electrons. The second-order valence-electron chi connectivity index (χ2n) is 6.65. The third-order valence-corrected chi connectivity index (χ3v) is 8.63. The summed E-state index contributed by atoms with van der Waals surface area (Å²) in [6.07, 6.45) is 1.43. The Labute approximate surface area is 197 Å². The summed E-state index contributed by atoms with van der Waals surface area (Å²) in [4.78, 5) is 9.26. The summed E-state index contributed by atoms with van der Waals surface area (Å²) in [7, 11) is -1.87. The first kappa shape index (κ1) is 24.5. The van der Waals surface area contributed by atoms with Gasteiger partial charge in [0.2, 0.25) is 10.0 Å². The molecule has 172 valence electrons. The van der Waals surface area contributed by atoms with Crippen LogP contribution in [0.3, 0.4) is 0 Å². The van der Waals surface area contributed by atoms with E-state index in [1.807, 2.05) is 44.4 Å². The van der Waals surface area contributed by atoms with E-state index in [0.717, 1.165) is 21.3 Å². The lowest BCUT2D eigenvalue weighted by molar-refractivity contribution is 0.311. The molecule has 7 nitrogen and oxygen atoms in total. The molecule has 2 heterocycles. The Morgan fingerprint density at radius 3 is 2.50 bits per heavy atom. The van der Waals surface area contributed by atoms with Gasteiger partial charge in [-0.05, 0) is 37.3 Å². The third kappa shape index (κ3) is 5.61. The van der Waals surface area contributed by atoms with Crippen molar-refractivity contribution in [3.8, 4) is 22.1 Å². The molecule has 0 saturated heterocycles. The SMILES string of the molecule is CCOc1ccc(-c2nc(CSc3ccc(S(=O)(=O)N(CC)CC)cn3)cs2)cc1OC. The molecular formula is C22H27N3O4S3. The molecule has 0 atom stereocenters. The second kappa shape index (κ2) is 11.1. The van der Waals surface area contributed by atoms with Crippen LogP contribution in [-0.2, 0) is 15.8 Å². The topological polar surface area (TPSA) is 81.6 Å². The normalized spacial score (nSPS) is 11.7. The maximum absolute atomic E-state index is 12.6. The van der Waals surface area contributed by atoms with Gasteiger partial charge in [-0.25, -0.2) is 18.4 Å². The highest BCUT2D eigenvalue weighted by Gasteiger charge is 2.21. The van der Waals surface area contributed by atoms with Crippen molar-refractivity contribution in [3.63, 3.8) is 0 Å². The van der Waals surface area contributed by atoms with E-state index < -0.39 is 10.0 Å². The Hall–Kier alpha value is -2.14. The minimum atomic E-state index is -3.49. The van der Waals surface area contributed by atoms with Gasteiger partial charge in [-0.3, -0.25) is 0 Å². The molecule has 0 aliphatic rings. The van der Waals surface area contributed by atoms with Gasteiger partial charge in [0.1, 0.15) is 9.90 Å². The molecule has 0 N–H and O–H groups in total. The number of pyridine rings is 1. The van der Waals surface area contributed by atoms with E-state index in [4.69, 9.17) is 14.5 Å². The van der Waals surface area contributed by atoms with Crippen LogP contribution >= 0.6 is 23.1 Å². The largest absolute Gasteiger partial charge is 0.493 e. The molecule has 0 fully saturated rings. The van der Waals surface area contributed by atoms with E-state index in [2.05, 4.69) is 4.98 Å². The van der Waals surface area contributed by atoms with Crippen LogP contribution in [0.15, 0.2) is 51.8 Å². The zero-order valence-electron chi connectivity index (χ0n) is 18.6. The number of aromatic nitrogens is 2. The molecule has 3 rings (SSSR count). The summed E-state index contributed by atoms with van der Waals surface area (Å²) >= 11 is 3.08. The van der Waals surface area contributed by atoms with Crippen molar-refractivity contribution < 1.29 is 17.9 Å². The van der Waals surface area contributed by atoms with Gasteiger partial charge in [0, 0.05) is 36.0 Å². The molecule has 0 aliphatic carbocycles. The van der Waals surface area contributed by atoms with Gasteiger partial charge in [0.25, 0.3) is 0 Å². The monoisotopic (exact) mass is 493 g/mol. The highest BCUT2D eigenvalue weighted by molar-refractivity contribution is 7.98. The number of sulfonamides is 1. The smallest absolute Gasteiger partial charge is 0.244 e. The van der Waals surface area contributed by atoms with Crippen LogP contribution in [0.25, 0.3) is 10.6 Å². The molecule has 32 heavy (non-hydrogen) atoms. The van der Waals surface area contributed by atoms with Crippen LogP contribution in [0.5, 0.6) is 11.5 Å². The third-order valence-electron chi connectivity index (χ3n) is 4.68. The first-order chi connectivity index (χ1) is 15.4. The number of nitrogens with zero attached hydrogens (tertiary/aromatic N) is 3. The average Bonchev–Trinajstić information content (AvgIpc) is 3.28. The van der Waals surface area contributed by atoms with Gasteiger partial charge in [0.15, 0.2) is 11.5 Å². The number of thiazole rings is 1. The van der Waals surface area contributed by atoms with Crippen molar-refractivity contribution in [3.05, 3.63) is 47.6 Å². The molecule has 10 heteroatoms. The second-order valence-corrected chi connectivity index (χ2v) is 10.4. The van der Waals surface area contributed by atoms with E-state index in [1.165, 1.54) is 22.3 Å². The van der Waals surface area contributed by atoms with E-state index in [0.29, 0.717) is 36.9 Å². The lowest BCUT2D eigenvalue weighted by Crippen LogP contribution is -2.30. The van der Waals surface area contributed by atoms with Gasteiger partial charge in [-0.1, -0.05) is 13.8 Å². The fourth-order valence-electron chi connectivity index (χ4n) is 3.05. The summed E-state index contributed by atoms with van der Waals surface area (Å²) < 4.78 is 37.6. The van der Waals surface area contributed by atoms with Gasteiger partial charge in [-0.2, -0.15) is 4.31 Å². The van der Waals surface area contributed by atoms with E-state index in [1.54, 1.807) is 30.6 Å². The maximum atomic E-state index is 12.6. The fraction of sp³-hybridized carbons (Fsp3) is 0.364. The lowest BCUT2D eigenvalue weighted by Gasteiger charge is -2.18. The Bertz CT molecular complexity index is 1130. The Kier molecular flexibility index (Phi) is 8.52. The minimum Gasteiger partial charge on any atom is -0.493 e. The number of hydrogen-bond acceptors (Lipinski definition) is 8. The molecule has 0 spiro atoms. The zero-order chi connectivity index (χ0) is 23.1. The van der Waals surface area contributed by atoms with Gasteiger partial charge in [0.05, 0.1) is 24.4 Å². The number of ether oxygens (including phenoxy) is 2. The summed E-state index contributed by atoms with van der Waals surface area (Å²) in [6, 6.07) is 9.15. The molecule has 0 amide bonds. The van der Waals surface area contributed by atoms with Gasteiger partial charge in [-0.15, -0.1) is 23.1 Å². The predicted molar refractivity (Wildman–Crippen MR) is 129 cm³/mol.